The number of tetrazole rings is 1. The highest BCUT2D eigenvalue weighted by Crippen LogP contribution is 2.35. The highest BCUT2D eigenvalue weighted by molar-refractivity contribution is 6.33. The number of benzene rings is 2. The van der Waals surface area contributed by atoms with Crippen LogP contribution in [0, 0.1) is 0 Å². The molecule has 0 amide bonds. The number of ether oxygens (including phenoxy) is 1. The molecule has 3 aromatic rings. The first-order valence-electron chi connectivity index (χ1n) is 8.34. The highest BCUT2D eigenvalue weighted by Gasteiger charge is 2.31. The van der Waals surface area contributed by atoms with E-state index in [9.17, 15) is 18.0 Å². The Morgan fingerprint density at radius 1 is 1.17 bits per heavy atom. The molecule has 0 aliphatic rings. The number of allylic oxidation sites excluding steroid dienone is 1. The molecule has 0 saturated carbocycles. The zero-order valence-corrected chi connectivity index (χ0v) is 16.4. The van der Waals surface area contributed by atoms with Crippen LogP contribution < -0.4 is 16.3 Å². The van der Waals surface area contributed by atoms with Gasteiger partial charge in [-0.2, -0.15) is 15.3 Å². The topological polar surface area (TPSA) is 97.2 Å². The first-order valence-corrected chi connectivity index (χ1v) is 8.72. The summed E-state index contributed by atoms with van der Waals surface area (Å²) in [6, 6.07) is 9.94. The average molecular weight is 442 g/mol. The monoisotopic (exact) mass is 441 g/mol. The molecule has 0 aliphatic heterocycles. The number of alkyl halides is 3. The minimum Gasteiger partial charge on any atom is -0.410 e. The quantitative estimate of drug-likeness (QED) is 0.371. The molecule has 8 nitrogen and oxygen atoms in total. The summed E-state index contributed by atoms with van der Waals surface area (Å²) in [5, 5.41) is 7.62. The molecule has 1 heterocycles. The number of hydrogen-bond acceptors (Lipinski definition) is 6. The predicted octanol–water partition coefficient (Wildman–Crippen LogP) is 3.30. The molecule has 0 saturated heterocycles. The molecule has 2 N–H and O–H groups in total. The van der Waals surface area contributed by atoms with E-state index in [-0.39, 0.29) is 22.0 Å². The molecule has 0 spiro atoms. The normalized spacial score (nSPS) is 12.5. The SMILES string of the molecule is C/C(=C(\ON)c1c(Cl)cccc1-n1nnn(C)c1=O)c1cccc(OC(F)(F)F)c1. The lowest BCUT2D eigenvalue weighted by molar-refractivity contribution is -0.274. The van der Waals surface area contributed by atoms with Crippen molar-refractivity contribution in [3.8, 4) is 11.4 Å². The van der Waals surface area contributed by atoms with E-state index >= 15 is 0 Å². The summed E-state index contributed by atoms with van der Waals surface area (Å²) in [5.41, 5.74) is 0.561. The first-order chi connectivity index (χ1) is 14.1. The van der Waals surface area contributed by atoms with Crippen molar-refractivity contribution in [2.75, 3.05) is 0 Å². The third kappa shape index (κ3) is 4.31. The predicted molar refractivity (Wildman–Crippen MR) is 102 cm³/mol. The maximum Gasteiger partial charge on any atom is 0.573 e. The minimum atomic E-state index is -4.84. The molecular weight excluding hydrogens is 427 g/mol. The van der Waals surface area contributed by atoms with Gasteiger partial charge in [0.1, 0.15) is 5.75 Å². The molecule has 0 aliphatic carbocycles. The van der Waals surface area contributed by atoms with Gasteiger partial charge in [0, 0.05) is 12.6 Å². The van der Waals surface area contributed by atoms with E-state index in [4.69, 9.17) is 22.3 Å². The molecule has 0 atom stereocenters. The number of aryl methyl sites for hydroxylation is 1. The fourth-order valence-electron chi connectivity index (χ4n) is 2.77. The van der Waals surface area contributed by atoms with Crippen molar-refractivity contribution in [2.45, 2.75) is 13.3 Å². The second kappa shape index (κ2) is 8.20. The van der Waals surface area contributed by atoms with Crippen LogP contribution in [0.25, 0.3) is 17.0 Å². The van der Waals surface area contributed by atoms with Crippen LogP contribution in [-0.2, 0) is 11.9 Å². The zero-order chi connectivity index (χ0) is 22.1. The van der Waals surface area contributed by atoms with Crippen LogP contribution >= 0.6 is 11.6 Å². The molecule has 0 fully saturated rings. The molecule has 1 aromatic heterocycles. The second-order valence-corrected chi connectivity index (χ2v) is 6.49. The van der Waals surface area contributed by atoms with Crippen molar-refractivity contribution in [3.05, 3.63) is 69.1 Å². The Morgan fingerprint density at radius 3 is 2.47 bits per heavy atom. The van der Waals surface area contributed by atoms with E-state index in [0.29, 0.717) is 11.1 Å². The van der Waals surface area contributed by atoms with Gasteiger partial charge in [0.25, 0.3) is 0 Å². The van der Waals surface area contributed by atoms with Gasteiger partial charge in [0.15, 0.2) is 5.76 Å². The largest absolute Gasteiger partial charge is 0.573 e. The first kappa shape index (κ1) is 21.4. The summed E-state index contributed by atoms with van der Waals surface area (Å²) in [6.45, 7) is 1.57. The lowest BCUT2D eigenvalue weighted by Crippen LogP contribution is -2.23. The molecule has 0 bridgehead atoms. The summed E-state index contributed by atoms with van der Waals surface area (Å²) in [7, 11) is 1.42. The van der Waals surface area contributed by atoms with Crippen molar-refractivity contribution in [1.29, 1.82) is 0 Å². The summed E-state index contributed by atoms with van der Waals surface area (Å²) >= 11 is 6.35. The Kier molecular flexibility index (Phi) is 5.85. The number of nitrogens with two attached hydrogens (primary N) is 1. The maximum absolute atomic E-state index is 12.6. The van der Waals surface area contributed by atoms with Gasteiger partial charge in [-0.05, 0) is 47.2 Å². The molecule has 158 valence electrons. The fraction of sp³-hybridized carbons (Fsp3) is 0.167. The van der Waals surface area contributed by atoms with Gasteiger partial charge in [-0.15, -0.1) is 13.2 Å². The standard InChI is InChI=1S/C18H15ClF3N5O3/c1-10(11-5-3-6-12(9-11)29-18(20,21)22)16(30-23)15-13(19)7-4-8-14(15)27-17(28)26(2)24-25-27/h3-9H,23H2,1-2H3/b16-10+. The van der Waals surface area contributed by atoms with Gasteiger partial charge in [-0.25, -0.2) is 4.79 Å². The Morgan fingerprint density at radius 2 is 1.87 bits per heavy atom. The Hall–Kier alpha value is -3.31. The molecule has 0 unspecified atom stereocenters. The van der Waals surface area contributed by atoms with E-state index < -0.39 is 17.8 Å². The Balaban J connectivity index is 2.19. The highest BCUT2D eigenvalue weighted by atomic mass is 35.5. The summed E-state index contributed by atoms with van der Waals surface area (Å²) in [4.78, 5) is 17.4. The number of aromatic nitrogens is 4. The molecule has 3 rings (SSSR count). The van der Waals surface area contributed by atoms with E-state index in [0.717, 1.165) is 15.4 Å². The maximum atomic E-state index is 12.6. The third-order valence-electron chi connectivity index (χ3n) is 4.13. The van der Waals surface area contributed by atoms with Crippen molar-refractivity contribution >= 4 is 22.9 Å². The molecule has 0 radical (unpaired) electrons. The lowest BCUT2D eigenvalue weighted by Gasteiger charge is -2.16. The minimum absolute atomic E-state index is 0.0253. The second-order valence-electron chi connectivity index (χ2n) is 6.08. The molecule has 30 heavy (non-hydrogen) atoms. The Bertz CT molecular complexity index is 1170. The van der Waals surface area contributed by atoms with E-state index in [1.165, 1.54) is 25.2 Å². The van der Waals surface area contributed by atoms with Crippen molar-refractivity contribution in [1.82, 2.24) is 19.8 Å². The van der Waals surface area contributed by atoms with Gasteiger partial charge in [-0.3, -0.25) is 0 Å². The van der Waals surface area contributed by atoms with Gasteiger partial charge >= 0.3 is 12.1 Å². The van der Waals surface area contributed by atoms with E-state index in [2.05, 4.69) is 15.2 Å². The van der Waals surface area contributed by atoms with E-state index in [1.54, 1.807) is 25.1 Å². The number of halogens is 4. The van der Waals surface area contributed by atoms with Crippen LogP contribution in [-0.4, -0.2) is 26.2 Å². The van der Waals surface area contributed by atoms with Crippen molar-refractivity contribution < 1.29 is 22.7 Å². The van der Waals surface area contributed by atoms with Crippen LogP contribution in [0.15, 0.2) is 47.3 Å². The lowest BCUT2D eigenvalue weighted by atomic mass is 10.0. The average Bonchev–Trinajstić information content (AvgIpc) is 3.01. The molecule has 2 aromatic carbocycles. The Labute approximate surface area is 172 Å². The van der Waals surface area contributed by atoms with Crippen LogP contribution in [0.4, 0.5) is 13.2 Å². The number of rotatable bonds is 5. The summed E-state index contributed by atoms with van der Waals surface area (Å²) < 4.78 is 43.6. The molecular formula is C18H15ClF3N5O3. The van der Waals surface area contributed by atoms with Gasteiger partial charge in [0.05, 0.1) is 16.3 Å². The summed E-state index contributed by atoms with van der Waals surface area (Å²) in [5.74, 6) is 5.09. The van der Waals surface area contributed by atoms with E-state index in [1.807, 2.05) is 0 Å². The van der Waals surface area contributed by atoms with Gasteiger partial charge in [-0.1, -0.05) is 29.8 Å². The number of nitrogens with zero attached hydrogens (tertiary/aromatic N) is 4. The smallest absolute Gasteiger partial charge is 0.410 e. The summed E-state index contributed by atoms with van der Waals surface area (Å²) in [6.07, 6.45) is -4.84. The van der Waals surface area contributed by atoms with Crippen molar-refractivity contribution in [2.24, 2.45) is 12.9 Å². The van der Waals surface area contributed by atoms with Crippen LogP contribution in [0.5, 0.6) is 5.75 Å². The van der Waals surface area contributed by atoms with Crippen molar-refractivity contribution in [3.63, 3.8) is 0 Å². The van der Waals surface area contributed by atoms with Crippen LogP contribution in [0.1, 0.15) is 18.1 Å². The van der Waals surface area contributed by atoms with Crippen LogP contribution in [0.3, 0.4) is 0 Å². The fourth-order valence-corrected chi connectivity index (χ4v) is 3.03. The molecule has 12 heteroatoms. The number of hydrogen-bond donors (Lipinski definition) is 1. The van der Waals surface area contributed by atoms with Gasteiger partial charge in [0.2, 0.25) is 0 Å². The van der Waals surface area contributed by atoms with Crippen LogP contribution in [0.2, 0.25) is 5.02 Å². The van der Waals surface area contributed by atoms with Gasteiger partial charge < -0.3 is 9.57 Å². The third-order valence-corrected chi connectivity index (χ3v) is 4.44. The zero-order valence-electron chi connectivity index (χ0n) is 15.6.